The number of hydrogen-bond donors (Lipinski definition) is 2. The molecule has 80 valence electrons. The van der Waals surface area contributed by atoms with Crippen LogP contribution in [0.3, 0.4) is 0 Å². The third-order valence-corrected chi connectivity index (χ3v) is 1.63. The van der Waals surface area contributed by atoms with Crippen LogP contribution in [0.1, 0.15) is 25.1 Å². The Bertz CT molecular complexity index is 236. The maximum Gasteiger partial charge on any atom is 0.0853 e. The molecule has 3 heteroatoms. The van der Waals surface area contributed by atoms with Crippen molar-refractivity contribution < 1.29 is 5.11 Å². The summed E-state index contributed by atoms with van der Waals surface area (Å²) in [6.45, 7) is 8.39. The van der Waals surface area contributed by atoms with Gasteiger partial charge in [0.15, 0.2) is 0 Å². The van der Waals surface area contributed by atoms with Crippen LogP contribution in [0.5, 0.6) is 0 Å². The summed E-state index contributed by atoms with van der Waals surface area (Å²) in [4.78, 5) is 3.91. The zero-order valence-corrected chi connectivity index (χ0v) is 9.25. The van der Waals surface area contributed by atoms with Gasteiger partial charge in [0.2, 0.25) is 0 Å². The monoisotopic (exact) mass is 196 g/mol. The lowest BCUT2D eigenvalue weighted by Crippen LogP contribution is -2.09. The minimum Gasteiger partial charge on any atom is -0.390 e. The number of nitrogens with zero attached hydrogens (tertiary/aromatic N) is 1. The van der Waals surface area contributed by atoms with Crippen LogP contribution in [0.25, 0.3) is 0 Å². The second kappa shape index (κ2) is 8.66. The molecule has 0 radical (unpaired) electrons. The quantitative estimate of drug-likeness (QED) is 0.770. The van der Waals surface area contributed by atoms with Crippen molar-refractivity contribution in [3.05, 3.63) is 29.6 Å². The average Bonchev–Trinajstić information content (AvgIpc) is 2.20. The van der Waals surface area contributed by atoms with E-state index in [1.54, 1.807) is 6.20 Å². The highest BCUT2D eigenvalue weighted by atomic mass is 16.3. The molecule has 0 saturated carbocycles. The number of pyridine rings is 1. The van der Waals surface area contributed by atoms with Crippen molar-refractivity contribution in [1.29, 1.82) is 0 Å². The summed E-state index contributed by atoms with van der Waals surface area (Å²) in [6, 6.07) is 3.76. The molecule has 0 aliphatic heterocycles. The number of aliphatic hydroxyl groups is 1. The van der Waals surface area contributed by atoms with Crippen LogP contribution in [0.2, 0.25) is 0 Å². The summed E-state index contributed by atoms with van der Waals surface area (Å²) in [7, 11) is 0. The van der Waals surface area contributed by atoms with Crippen molar-refractivity contribution in [2.75, 3.05) is 13.1 Å². The molecule has 1 heterocycles. The Kier molecular flexibility index (Phi) is 8.08. The second-order valence-electron chi connectivity index (χ2n) is 2.94. The Morgan fingerprint density at radius 2 is 2.00 bits per heavy atom. The van der Waals surface area contributed by atoms with E-state index in [1.807, 2.05) is 19.1 Å². The van der Waals surface area contributed by atoms with Gasteiger partial charge in [-0.15, -0.1) is 0 Å². The van der Waals surface area contributed by atoms with E-state index in [2.05, 4.69) is 24.1 Å². The number of nitrogens with one attached hydrogen (secondary N) is 1. The highest BCUT2D eigenvalue weighted by molar-refractivity contribution is 5.13. The molecule has 0 unspecified atom stereocenters. The molecular formula is C11H20N2O. The van der Waals surface area contributed by atoms with Gasteiger partial charge in [0.1, 0.15) is 0 Å². The highest BCUT2D eigenvalue weighted by Gasteiger charge is 1.88. The molecule has 0 fully saturated rings. The fourth-order valence-corrected chi connectivity index (χ4v) is 0.935. The van der Waals surface area contributed by atoms with Crippen LogP contribution >= 0.6 is 0 Å². The molecule has 0 aliphatic carbocycles. The van der Waals surface area contributed by atoms with Crippen LogP contribution in [0.15, 0.2) is 18.3 Å². The Labute approximate surface area is 86.2 Å². The zero-order chi connectivity index (χ0) is 10.8. The first kappa shape index (κ1) is 13.1. The summed E-state index contributed by atoms with van der Waals surface area (Å²) in [5.41, 5.74) is 1.86. The van der Waals surface area contributed by atoms with Crippen LogP contribution in [-0.4, -0.2) is 23.2 Å². The van der Waals surface area contributed by atoms with Gasteiger partial charge in [-0.3, -0.25) is 4.98 Å². The smallest absolute Gasteiger partial charge is 0.0853 e. The van der Waals surface area contributed by atoms with Crippen LogP contribution in [0.4, 0.5) is 0 Å². The molecule has 0 aliphatic rings. The number of aliphatic hydroxyl groups excluding tert-OH is 1. The number of hydrogen-bond acceptors (Lipinski definition) is 3. The molecule has 0 saturated heterocycles. The van der Waals surface area contributed by atoms with Crippen molar-refractivity contribution >= 4 is 0 Å². The molecular weight excluding hydrogens is 176 g/mol. The molecule has 1 aromatic heterocycles. The van der Waals surface area contributed by atoms with Gasteiger partial charge in [0, 0.05) is 6.20 Å². The van der Waals surface area contributed by atoms with Gasteiger partial charge in [-0.05, 0) is 37.7 Å². The Morgan fingerprint density at radius 3 is 2.29 bits per heavy atom. The number of aryl methyl sites for hydroxylation is 1. The Morgan fingerprint density at radius 1 is 1.36 bits per heavy atom. The maximum atomic E-state index is 8.60. The first-order chi connectivity index (χ1) is 6.74. The molecule has 1 aromatic rings. The van der Waals surface area contributed by atoms with E-state index in [9.17, 15) is 0 Å². The van der Waals surface area contributed by atoms with E-state index < -0.39 is 0 Å². The predicted octanol–water partition coefficient (Wildman–Crippen LogP) is 1.50. The molecule has 0 bridgehead atoms. The third-order valence-electron chi connectivity index (χ3n) is 1.63. The molecule has 14 heavy (non-hydrogen) atoms. The average molecular weight is 196 g/mol. The molecule has 1 rings (SSSR count). The van der Waals surface area contributed by atoms with E-state index in [-0.39, 0.29) is 6.61 Å². The van der Waals surface area contributed by atoms with Gasteiger partial charge >= 0.3 is 0 Å². The zero-order valence-electron chi connectivity index (χ0n) is 9.25. The minimum atomic E-state index is 0.0294. The fourth-order valence-electron chi connectivity index (χ4n) is 0.935. The van der Waals surface area contributed by atoms with Crippen LogP contribution in [-0.2, 0) is 6.61 Å². The molecule has 0 aromatic carbocycles. The topological polar surface area (TPSA) is 45.2 Å². The van der Waals surface area contributed by atoms with E-state index in [1.165, 1.54) is 0 Å². The number of aromatic nitrogens is 1. The van der Waals surface area contributed by atoms with Crippen molar-refractivity contribution in [2.45, 2.75) is 27.4 Å². The van der Waals surface area contributed by atoms with E-state index in [4.69, 9.17) is 5.11 Å². The van der Waals surface area contributed by atoms with Gasteiger partial charge < -0.3 is 10.4 Å². The first-order valence-electron chi connectivity index (χ1n) is 4.97. The van der Waals surface area contributed by atoms with Gasteiger partial charge in [-0.2, -0.15) is 0 Å². The molecule has 0 amide bonds. The van der Waals surface area contributed by atoms with Crippen molar-refractivity contribution in [3.63, 3.8) is 0 Å². The SMILES string of the molecule is CCNCC.Cc1ccnc(CO)c1. The van der Waals surface area contributed by atoms with Gasteiger partial charge in [0.05, 0.1) is 12.3 Å². The summed E-state index contributed by atoms with van der Waals surface area (Å²) < 4.78 is 0. The lowest BCUT2D eigenvalue weighted by Gasteiger charge is -1.93. The Balaban J connectivity index is 0.000000292. The predicted molar refractivity (Wildman–Crippen MR) is 59.1 cm³/mol. The largest absolute Gasteiger partial charge is 0.390 e. The van der Waals surface area contributed by atoms with Crippen molar-refractivity contribution in [3.8, 4) is 0 Å². The Hall–Kier alpha value is -0.930. The lowest BCUT2D eigenvalue weighted by molar-refractivity contribution is 0.277. The van der Waals surface area contributed by atoms with E-state index >= 15 is 0 Å². The fraction of sp³-hybridized carbons (Fsp3) is 0.545. The minimum absolute atomic E-state index is 0.0294. The maximum absolute atomic E-state index is 8.60. The highest BCUT2D eigenvalue weighted by Crippen LogP contribution is 1.98. The summed E-state index contributed by atoms with van der Waals surface area (Å²) in [5, 5.41) is 11.7. The normalized spacial score (nSPS) is 9.14. The second-order valence-corrected chi connectivity index (χ2v) is 2.94. The molecule has 0 atom stereocenters. The standard InChI is InChI=1S/C7H9NO.C4H11N/c1-6-2-3-8-7(4-6)5-9;1-3-5-4-2/h2-4,9H,5H2,1H3;5H,3-4H2,1-2H3. The summed E-state index contributed by atoms with van der Waals surface area (Å²) in [5.74, 6) is 0. The molecule has 0 spiro atoms. The van der Waals surface area contributed by atoms with E-state index in [0.717, 1.165) is 24.3 Å². The first-order valence-corrected chi connectivity index (χ1v) is 4.97. The van der Waals surface area contributed by atoms with Crippen molar-refractivity contribution in [2.24, 2.45) is 0 Å². The third kappa shape index (κ3) is 6.57. The molecule has 2 N–H and O–H groups in total. The van der Waals surface area contributed by atoms with Crippen LogP contribution < -0.4 is 5.32 Å². The van der Waals surface area contributed by atoms with Crippen molar-refractivity contribution in [1.82, 2.24) is 10.3 Å². The van der Waals surface area contributed by atoms with Gasteiger partial charge in [-0.1, -0.05) is 13.8 Å². The molecule has 3 nitrogen and oxygen atoms in total. The van der Waals surface area contributed by atoms with Crippen LogP contribution in [0, 0.1) is 6.92 Å². The lowest BCUT2D eigenvalue weighted by atomic mass is 10.2. The summed E-state index contributed by atoms with van der Waals surface area (Å²) in [6.07, 6.45) is 1.70. The van der Waals surface area contributed by atoms with E-state index in [0.29, 0.717) is 0 Å². The van der Waals surface area contributed by atoms with Gasteiger partial charge in [-0.25, -0.2) is 0 Å². The summed E-state index contributed by atoms with van der Waals surface area (Å²) >= 11 is 0. The number of rotatable bonds is 3. The van der Waals surface area contributed by atoms with Gasteiger partial charge in [0.25, 0.3) is 0 Å².